The van der Waals surface area contributed by atoms with E-state index in [4.69, 9.17) is 5.26 Å². The van der Waals surface area contributed by atoms with E-state index in [1.807, 2.05) is 39.0 Å². The lowest BCUT2D eigenvalue weighted by Crippen LogP contribution is -2.48. The largest absolute Gasteiger partial charge is 0.369 e. The normalized spacial score (nSPS) is 15.0. The summed E-state index contributed by atoms with van der Waals surface area (Å²) in [6, 6.07) is 9.33. The van der Waals surface area contributed by atoms with Gasteiger partial charge in [-0.2, -0.15) is 5.26 Å². The number of sulfonamides is 1. The second-order valence-corrected chi connectivity index (χ2v) is 12.2. The first-order valence-electron chi connectivity index (χ1n) is 12.0. The second-order valence-electron chi connectivity index (χ2n) is 10.4. The Bertz CT molecular complexity index is 1210. The smallest absolute Gasteiger partial charge is 0.264 e. The highest BCUT2D eigenvalue weighted by Crippen LogP contribution is 2.20. The molecule has 0 spiro atoms. The summed E-state index contributed by atoms with van der Waals surface area (Å²) in [5.41, 5.74) is 1.43. The molecule has 0 unspecified atom stereocenters. The summed E-state index contributed by atoms with van der Waals surface area (Å²) in [7, 11) is -4.04. The van der Waals surface area contributed by atoms with Crippen molar-refractivity contribution in [2.24, 2.45) is 5.41 Å². The van der Waals surface area contributed by atoms with Crippen molar-refractivity contribution in [3.8, 4) is 6.07 Å². The molecule has 0 saturated carbocycles. The first-order chi connectivity index (χ1) is 16.9. The Labute approximate surface area is 213 Å². The van der Waals surface area contributed by atoms with E-state index in [2.05, 4.69) is 43.7 Å². The number of benzene rings is 1. The number of rotatable bonds is 8. The van der Waals surface area contributed by atoms with Crippen LogP contribution in [-0.2, 0) is 15.8 Å². The Balaban J connectivity index is 1.66. The van der Waals surface area contributed by atoms with Gasteiger partial charge in [-0.05, 0) is 43.5 Å². The maximum Gasteiger partial charge on any atom is 0.264 e. The van der Waals surface area contributed by atoms with E-state index in [-0.39, 0.29) is 28.2 Å². The van der Waals surface area contributed by atoms with E-state index in [0.717, 1.165) is 31.9 Å². The van der Waals surface area contributed by atoms with Crippen molar-refractivity contribution < 1.29 is 13.2 Å². The minimum Gasteiger partial charge on any atom is -0.369 e. The maximum atomic E-state index is 12.8. The Morgan fingerprint density at radius 2 is 1.78 bits per heavy atom. The van der Waals surface area contributed by atoms with Gasteiger partial charge in [-0.1, -0.05) is 20.8 Å². The number of carbonyl (C=O) groups excluding carboxylic acids is 1. The summed E-state index contributed by atoms with van der Waals surface area (Å²) in [5, 5.41) is 12.2. The molecule has 1 aromatic carbocycles. The predicted octanol–water partition coefficient (Wildman–Crippen LogP) is 2.60. The molecule has 1 aliphatic heterocycles. The molecule has 2 aromatic rings. The molecule has 2 heterocycles. The van der Waals surface area contributed by atoms with Crippen molar-refractivity contribution in [2.45, 2.75) is 46.4 Å². The number of amides is 1. The second kappa shape index (κ2) is 11.2. The number of nitriles is 1. The number of carbonyl (C=O) groups is 1. The topological polar surface area (TPSA) is 131 Å². The average Bonchev–Trinajstić information content (AvgIpc) is 2.82. The molecule has 0 aliphatic carbocycles. The van der Waals surface area contributed by atoms with Crippen LogP contribution in [0.3, 0.4) is 0 Å². The average molecular weight is 514 g/mol. The molecule has 1 saturated heterocycles. The number of piperazine rings is 1. The molecule has 1 amide bonds. The quantitative estimate of drug-likeness (QED) is 0.547. The fraction of sp³-hybridized carbons (Fsp3) is 0.520. The minimum absolute atomic E-state index is 0.0673. The van der Waals surface area contributed by atoms with Gasteiger partial charge in [-0.3, -0.25) is 9.69 Å². The van der Waals surface area contributed by atoms with Crippen molar-refractivity contribution >= 4 is 27.4 Å². The van der Waals surface area contributed by atoms with Crippen molar-refractivity contribution in [3.05, 3.63) is 47.4 Å². The minimum atomic E-state index is -4.04. The Hall–Kier alpha value is -3.23. The van der Waals surface area contributed by atoms with Crippen molar-refractivity contribution in [3.63, 3.8) is 0 Å². The Morgan fingerprint density at radius 3 is 2.33 bits per heavy atom. The van der Waals surface area contributed by atoms with Crippen molar-refractivity contribution in [2.75, 3.05) is 42.9 Å². The van der Waals surface area contributed by atoms with Gasteiger partial charge < -0.3 is 10.2 Å². The van der Waals surface area contributed by atoms with E-state index in [9.17, 15) is 13.2 Å². The third-order valence-corrected chi connectivity index (χ3v) is 7.07. The van der Waals surface area contributed by atoms with Gasteiger partial charge in [-0.25, -0.2) is 23.1 Å². The molecule has 0 radical (unpaired) electrons. The number of anilines is 2. The van der Waals surface area contributed by atoms with Crippen LogP contribution in [0.1, 0.15) is 56.4 Å². The zero-order chi connectivity index (χ0) is 26.5. The van der Waals surface area contributed by atoms with Gasteiger partial charge in [0.05, 0.1) is 5.75 Å². The van der Waals surface area contributed by atoms with Crippen LogP contribution in [0.25, 0.3) is 0 Å². The molecule has 1 aliphatic rings. The van der Waals surface area contributed by atoms with Gasteiger partial charge in [-0.15, -0.1) is 0 Å². The van der Waals surface area contributed by atoms with Crippen LogP contribution < -0.4 is 14.9 Å². The Morgan fingerprint density at radius 1 is 1.14 bits per heavy atom. The zero-order valence-corrected chi connectivity index (χ0v) is 22.4. The van der Waals surface area contributed by atoms with E-state index in [1.165, 1.54) is 6.20 Å². The molecule has 10 nitrogen and oxygen atoms in total. The first-order valence-corrected chi connectivity index (χ1v) is 13.7. The predicted molar refractivity (Wildman–Crippen MR) is 140 cm³/mol. The highest BCUT2D eigenvalue weighted by Gasteiger charge is 2.22. The highest BCUT2D eigenvalue weighted by molar-refractivity contribution is 7.89. The molecule has 0 bridgehead atoms. The third kappa shape index (κ3) is 7.63. The third-order valence-electron chi connectivity index (χ3n) is 5.88. The molecule has 194 valence electrons. The van der Waals surface area contributed by atoms with Gasteiger partial charge in [0.2, 0.25) is 15.8 Å². The van der Waals surface area contributed by atoms with E-state index < -0.39 is 21.7 Å². The summed E-state index contributed by atoms with van der Waals surface area (Å²) in [6.45, 7) is 14.7. The van der Waals surface area contributed by atoms with Crippen LogP contribution in [0.15, 0.2) is 30.5 Å². The fourth-order valence-electron chi connectivity index (χ4n) is 3.83. The monoisotopic (exact) mass is 513 g/mol. The number of nitrogens with one attached hydrogen (secondary N) is 2. The van der Waals surface area contributed by atoms with Gasteiger partial charge in [0, 0.05) is 61.8 Å². The molecule has 36 heavy (non-hydrogen) atoms. The lowest BCUT2D eigenvalue weighted by atomic mass is 9.97. The molecule has 1 aromatic heterocycles. The first kappa shape index (κ1) is 27.4. The van der Waals surface area contributed by atoms with Crippen LogP contribution in [0.5, 0.6) is 0 Å². The SMILES string of the molecule is CC(C)N1CCN(c2ccc(C(=O)NS(=O)(=O)Cc3cnc(C#N)nc3NCC(C)(C)C)cc2)CC1. The molecule has 11 heteroatoms. The van der Waals surface area contributed by atoms with E-state index >= 15 is 0 Å². The summed E-state index contributed by atoms with van der Waals surface area (Å²) >= 11 is 0. The summed E-state index contributed by atoms with van der Waals surface area (Å²) in [4.78, 5) is 25.4. The maximum absolute atomic E-state index is 12.8. The molecule has 2 N–H and O–H groups in total. The van der Waals surface area contributed by atoms with Crippen LogP contribution in [0.2, 0.25) is 0 Å². The van der Waals surface area contributed by atoms with Gasteiger partial charge in [0.25, 0.3) is 5.91 Å². The zero-order valence-electron chi connectivity index (χ0n) is 21.6. The van der Waals surface area contributed by atoms with Crippen LogP contribution in [-0.4, -0.2) is 68.0 Å². The summed E-state index contributed by atoms with van der Waals surface area (Å²) in [5.74, 6) is -1.02. The Kier molecular flexibility index (Phi) is 8.53. The lowest BCUT2D eigenvalue weighted by molar-refractivity contribution is 0.0981. The van der Waals surface area contributed by atoms with Gasteiger partial charge >= 0.3 is 0 Å². The van der Waals surface area contributed by atoms with E-state index in [1.54, 1.807) is 12.1 Å². The fourth-order valence-corrected chi connectivity index (χ4v) is 4.92. The lowest BCUT2D eigenvalue weighted by Gasteiger charge is -2.38. The van der Waals surface area contributed by atoms with Gasteiger partial charge in [0.1, 0.15) is 11.9 Å². The standard InChI is InChI=1S/C25H35N7O3S/c1-18(2)31-10-12-32(13-11-31)21-8-6-19(7-9-21)24(33)30-36(34,35)16-20-15-27-22(14-26)29-23(20)28-17-25(3,4)5/h6-9,15,18H,10-13,16-17H2,1-5H3,(H,30,33)(H,27,28,29). The molecular weight excluding hydrogens is 478 g/mol. The van der Waals surface area contributed by atoms with Crippen molar-refractivity contribution in [1.82, 2.24) is 19.6 Å². The number of hydrogen-bond acceptors (Lipinski definition) is 9. The van der Waals surface area contributed by atoms with Crippen molar-refractivity contribution in [1.29, 1.82) is 5.26 Å². The van der Waals surface area contributed by atoms with Crippen LogP contribution in [0, 0.1) is 16.7 Å². The summed E-state index contributed by atoms with van der Waals surface area (Å²) < 4.78 is 27.7. The van der Waals surface area contributed by atoms with Gasteiger partial charge in [0.15, 0.2) is 0 Å². The number of nitrogens with zero attached hydrogens (tertiary/aromatic N) is 5. The molecule has 1 fully saturated rings. The van der Waals surface area contributed by atoms with Crippen LogP contribution in [0.4, 0.5) is 11.5 Å². The number of aromatic nitrogens is 2. The molecule has 0 atom stereocenters. The molecule has 3 rings (SSSR count). The van der Waals surface area contributed by atoms with Crippen LogP contribution >= 0.6 is 0 Å². The number of hydrogen-bond donors (Lipinski definition) is 2. The highest BCUT2D eigenvalue weighted by atomic mass is 32.2. The molecular formula is C25H35N7O3S. The van der Waals surface area contributed by atoms with E-state index in [0.29, 0.717) is 12.6 Å². The summed E-state index contributed by atoms with van der Waals surface area (Å²) in [6.07, 6.45) is 1.30.